The minimum absolute atomic E-state index is 0.0639. The highest BCUT2D eigenvalue weighted by Gasteiger charge is 2.39. The highest BCUT2D eigenvalue weighted by Crippen LogP contribution is 2.45. The summed E-state index contributed by atoms with van der Waals surface area (Å²) in [6.45, 7) is 0.619. The van der Waals surface area contributed by atoms with E-state index in [4.69, 9.17) is 9.47 Å². The number of methoxy groups -OCH3 is 2. The Morgan fingerprint density at radius 1 is 1.16 bits per heavy atom. The van der Waals surface area contributed by atoms with Gasteiger partial charge in [0.15, 0.2) is 11.5 Å². The number of carbonyl (C=O) groups is 1. The Hall–Kier alpha value is -2.26. The van der Waals surface area contributed by atoms with Crippen LogP contribution in [0, 0.1) is 5.92 Å². The molecular formula is C22H23BrF3NO4. The van der Waals surface area contributed by atoms with Gasteiger partial charge < -0.3 is 14.6 Å². The Balaban J connectivity index is 2.21. The van der Waals surface area contributed by atoms with Gasteiger partial charge in [-0.05, 0) is 48.7 Å². The zero-order valence-electron chi connectivity index (χ0n) is 17.1. The third-order valence-corrected chi connectivity index (χ3v) is 6.21. The van der Waals surface area contributed by atoms with Gasteiger partial charge in [0.2, 0.25) is 0 Å². The Morgan fingerprint density at radius 3 is 2.42 bits per heavy atom. The zero-order chi connectivity index (χ0) is 22.8. The maximum atomic E-state index is 13.9. The number of benzene rings is 2. The van der Waals surface area contributed by atoms with Crippen LogP contribution in [-0.4, -0.2) is 43.3 Å². The molecule has 2 unspecified atom stereocenters. The van der Waals surface area contributed by atoms with Crippen molar-refractivity contribution in [2.75, 3.05) is 27.3 Å². The van der Waals surface area contributed by atoms with E-state index < -0.39 is 29.7 Å². The summed E-state index contributed by atoms with van der Waals surface area (Å²) in [5.74, 6) is -0.780. The van der Waals surface area contributed by atoms with Crippen molar-refractivity contribution in [2.45, 2.75) is 25.1 Å². The van der Waals surface area contributed by atoms with Crippen LogP contribution in [0.5, 0.6) is 11.5 Å². The minimum Gasteiger partial charge on any atom is -0.493 e. The molecule has 0 bridgehead atoms. The summed E-state index contributed by atoms with van der Waals surface area (Å²) in [7, 11) is 2.93. The average Bonchev–Trinajstić information content (AvgIpc) is 2.74. The van der Waals surface area contributed by atoms with Crippen LogP contribution < -0.4 is 9.47 Å². The molecular weight excluding hydrogens is 479 g/mol. The third-order valence-electron chi connectivity index (χ3n) is 5.53. The van der Waals surface area contributed by atoms with E-state index in [1.54, 1.807) is 23.1 Å². The van der Waals surface area contributed by atoms with E-state index in [2.05, 4.69) is 15.9 Å². The van der Waals surface area contributed by atoms with E-state index in [1.165, 1.54) is 26.4 Å². The maximum absolute atomic E-state index is 13.9. The SMILES string of the molecule is COc1cc(Br)c(C(c2ccccc2C(F)(F)F)N2CCCC(C(=O)O)C2)cc1OC. The minimum atomic E-state index is -4.56. The summed E-state index contributed by atoms with van der Waals surface area (Å²) < 4.78 is 52.9. The number of aliphatic carboxylic acids is 1. The van der Waals surface area contributed by atoms with Crippen LogP contribution >= 0.6 is 15.9 Å². The molecule has 2 aromatic rings. The van der Waals surface area contributed by atoms with Gasteiger partial charge in [0.05, 0.1) is 31.7 Å². The number of ether oxygens (including phenoxy) is 2. The Bertz CT molecular complexity index is 951. The van der Waals surface area contributed by atoms with E-state index >= 15 is 0 Å². The number of hydrogen-bond acceptors (Lipinski definition) is 4. The topological polar surface area (TPSA) is 59.0 Å². The largest absolute Gasteiger partial charge is 0.493 e. The molecule has 1 saturated heterocycles. The molecule has 0 aliphatic carbocycles. The number of carboxylic acid groups (broad SMARTS) is 1. The fourth-order valence-corrected chi connectivity index (χ4v) is 4.62. The molecule has 5 nitrogen and oxygen atoms in total. The number of carboxylic acids is 1. The molecule has 1 aliphatic rings. The second-order valence-electron chi connectivity index (χ2n) is 7.39. The van der Waals surface area contributed by atoms with Gasteiger partial charge in [-0.1, -0.05) is 34.1 Å². The highest BCUT2D eigenvalue weighted by molar-refractivity contribution is 9.10. The fourth-order valence-electron chi connectivity index (χ4n) is 4.08. The molecule has 1 fully saturated rings. The number of alkyl halides is 3. The Labute approximate surface area is 186 Å². The average molecular weight is 502 g/mol. The van der Waals surface area contributed by atoms with Gasteiger partial charge in [-0.2, -0.15) is 13.2 Å². The molecule has 0 spiro atoms. The van der Waals surface area contributed by atoms with Crippen LogP contribution in [0.25, 0.3) is 0 Å². The van der Waals surface area contributed by atoms with Gasteiger partial charge in [0, 0.05) is 11.0 Å². The van der Waals surface area contributed by atoms with Crippen molar-refractivity contribution < 1.29 is 32.5 Å². The predicted octanol–water partition coefficient (Wildman–Crippen LogP) is 5.37. The second-order valence-corrected chi connectivity index (χ2v) is 8.24. The molecule has 0 radical (unpaired) electrons. The van der Waals surface area contributed by atoms with Gasteiger partial charge in [-0.3, -0.25) is 9.69 Å². The van der Waals surface area contributed by atoms with E-state index in [-0.39, 0.29) is 12.1 Å². The molecule has 31 heavy (non-hydrogen) atoms. The lowest BCUT2D eigenvalue weighted by molar-refractivity contribution is -0.144. The number of halogens is 4. The lowest BCUT2D eigenvalue weighted by Gasteiger charge is -2.39. The molecule has 168 valence electrons. The molecule has 2 aromatic carbocycles. The molecule has 1 N–H and O–H groups in total. The van der Waals surface area contributed by atoms with Gasteiger partial charge in [0.25, 0.3) is 0 Å². The van der Waals surface area contributed by atoms with Crippen LogP contribution in [0.1, 0.15) is 35.6 Å². The lowest BCUT2D eigenvalue weighted by Crippen LogP contribution is -2.41. The van der Waals surface area contributed by atoms with E-state index in [1.807, 2.05) is 0 Å². The van der Waals surface area contributed by atoms with Crippen molar-refractivity contribution in [1.82, 2.24) is 4.90 Å². The van der Waals surface area contributed by atoms with Crippen molar-refractivity contribution in [3.8, 4) is 11.5 Å². The molecule has 0 amide bonds. The molecule has 3 rings (SSSR count). The van der Waals surface area contributed by atoms with E-state index in [0.717, 1.165) is 6.07 Å². The van der Waals surface area contributed by atoms with E-state index in [0.29, 0.717) is 40.9 Å². The van der Waals surface area contributed by atoms with Crippen LogP contribution in [-0.2, 0) is 11.0 Å². The summed E-state index contributed by atoms with van der Waals surface area (Å²) in [5, 5.41) is 9.52. The molecule has 1 heterocycles. The molecule has 9 heteroatoms. The standard InChI is InChI=1S/C22H23BrF3NO4/c1-30-18-10-15(17(23)11-19(18)31-2)20(27-9-5-6-13(12-27)21(28)29)14-7-3-4-8-16(14)22(24,25)26/h3-4,7-8,10-11,13,20H,5-6,9,12H2,1-2H3,(H,28,29). The van der Waals surface area contributed by atoms with E-state index in [9.17, 15) is 23.1 Å². The quantitative estimate of drug-likeness (QED) is 0.576. The van der Waals surface area contributed by atoms with Crippen molar-refractivity contribution >= 4 is 21.9 Å². The second kappa shape index (κ2) is 9.48. The monoisotopic (exact) mass is 501 g/mol. The summed E-state index contributed by atoms with van der Waals surface area (Å²) >= 11 is 3.48. The smallest absolute Gasteiger partial charge is 0.416 e. The third kappa shape index (κ3) is 4.98. The summed E-state index contributed by atoms with van der Waals surface area (Å²) in [5.41, 5.74) is -0.145. The van der Waals surface area contributed by atoms with Gasteiger partial charge in [-0.25, -0.2) is 0 Å². The maximum Gasteiger partial charge on any atom is 0.416 e. The Morgan fingerprint density at radius 2 is 1.81 bits per heavy atom. The number of nitrogens with zero attached hydrogens (tertiary/aromatic N) is 1. The zero-order valence-corrected chi connectivity index (χ0v) is 18.7. The van der Waals surface area contributed by atoms with Gasteiger partial charge >= 0.3 is 12.1 Å². The van der Waals surface area contributed by atoms with Gasteiger partial charge in [-0.15, -0.1) is 0 Å². The first kappa shape index (κ1) is 23.4. The first-order valence-electron chi connectivity index (χ1n) is 9.71. The van der Waals surface area contributed by atoms with Crippen molar-refractivity contribution in [1.29, 1.82) is 0 Å². The first-order chi connectivity index (χ1) is 14.7. The first-order valence-corrected chi connectivity index (χ1v) is 10.5. The normalized spacial score (nSPS) is 18.5. The van der Waals surface area contributed by atoms with Crippen LogP contribution in [0.2, 0.25) is 0 Å². The lowest BCUT2D eigenvalue weighted by atomic mass is 9.89. The van der Waals surface area contributed by atoms with Crippen molar-refractivity contribution in [2.24, 2.45) is 5.92 Å². The molecule has 0 saturated carbocycles. The summed E-state index contributed by atoms with van der Waals surface area (Å²) in [6, 6.07) is 7.88. The predicted molar refractivity (Wildman–Crippen MR) is 112 cm³/mol. The number of rotatable bonds is 6. The number of hydrogen-bond donors (Lipinski definition) is 1. The fraction of sp³-hybridized carbons (Fsp3) is 0.409. The highest BCUT2D eigenvalue weighted by atomic mass is 79.9. The molecule has 1 aliphatic heterocycles. The van der Waals surface area contributed by atoms with Crippen LogP contribution in [0.3, 0.4) is 0 Å². The van der Waals surface area contributed by atoms with Crippen LogP contribution in [0.15, 0.2) is 40.9 Å². The molecule has 0 aromatic heterocycles. The Kier molecular flexibility index (Phi) is 7.16. The number of piperidine rings is 1. The van der Waals surface area contributed by atoms with Crippen molar-refractivity contribution in [3.63, 3.8) is 0 Å². The van der Waals surface area contributed by atoms with Gasteiger partial charge in [0.1, 0.15) is 0 Å². The summed E-state index contributed by atoms with van der Waals surface area (Å²) in [4.78, 5) is 13.4. The summed E-state index contributed by atoms with van der Waals surface area (Å²) in [6.07, 6.45) is -3.49. The van der Waals surface area contributed by atoms with Crippen molar-refractivity contribution in [3.05, 3.63) is 57.6 Å². The molecule has 2 atom stereocenters. The van der Waals surface area contributed by atoms with Crippen LogP contribution in [0.4, 0.5) is 13.2 Å². The number of likely N-dealkylation sites (tertiary alicyclic amines) is 1.